The van der Waals surface area contributed by atoms with Gasteiger partial charge >= 0.3 is 39.0 Å². The summed E-state index contributed by atoms with van der Waals surface area (Å²) in [5.41, 5.74) is 8.46. The molecule has 0 radical (unpaired) electrons. The van der Waals surface area contributed by atoms with Crippen LogP contribution in [0.1, 0.15) is 212 Å². The SMILES string of the molecule is CC(C)(C)c1cccc([N-]c2cccc(C(C)(C)C)n2)n1.CC(C)(C)c1cccc([N-]c2cccc(C(C)(C)C)n2)n1.CC(C)(C)c1cccc([N-]c2cccc(C(C)(C)C)n2)n1.CC(C)(C)c1cccc([N-]c2cccc(C(C)(C)C)n2)n1.[Zn+2].[Zn+2]. The van der Waals surface area contributed by atoms with Gasteiger partial charge in [-0.2, -0.15) is 0 Å². The number of hydrogen-bond donors (Lipinski definition) is 0. The van der Waals surface area contributed by atoms with E-state index >= 15 is 0 Å². The predicted octanol–water partition coefficient (Wildman–Crippen LogP) is 21.6. The van der Waals surface area contributed by atoms with Gasteiger partial charge in [0.1, 0.15) is 0 Å². The van der Waals surface area contributed by atoms with Crippen LogP contribution in [0.3, 0.4) is 0 Å². The van der Waals surface area contributed by atoms with Gasteiger partial charge in [0.25, 0.3) is 0 Å². The summed E-state index contributed by atoms with van der Waals surface area (Å²) in [6.07, 6.45) is 0. The molecule has 0 N–H and O–H groups in total. The molecular weight excluding hydrogens is 1160 g/mol. The molecule has 0 unspecified atom stereocenters. The van der Waals surface area contributed by atoms with Crippen LogP contribution in [0.5, 0.6) is 0 Å². The van der Waals surface area contributed by atoms with E-state index in [2.05, 4.69) is 227 Å². The molecule has 0 saturated heterocycles. The number of rotatable bonds is 8. The van der Waals surface area contributed by atoms with Gasteiger partial charge in [-0.15, -0.1) is 0 Å². The van der Waals surface area contributed by atoms with Crippen molar-refractivity contribution in [1.82, 2.24) is 39.9 Å². The molecule has 14 heteroatoms. The van der Waals surface area contributed by atoms with Crippen LogP contribution in [-0.2, 0) is 82.3 Å². The van der Waals surface area contributed by atoms with Crippen molar-refractivity contribution < 1.29 is 39.0 Å². The van der Waals surface area contributed by atoms with Gasteiger partial charge in [-0.05, 0) is 137 Å². The summed E-state index contributed by atoms with van der Waals surface area (Å²) in [5, 5.41) is 18.3. The molecule has 0 aromatic carbocycles. The van der Waals surface area contributed by atoms with Crippen LogP contribution in [0.15, 0.2) is 146 Å². The number of pyridine rings is 8. The Morgan fingerprint density at radius 3 is 0.349 bits per heavy atom. The summed E-state index contributed by atoms with van der Waals surface area (Å²) in [4.78, 5) is 37.0. The third-order valence-corrected chi connectivity index (χ3v) is 12.9. The Kier molecular flexibility index (Phi) is 25.8. The maximum atomic E-state index is 4.62. The van der Waals surface area contributed by atoms with Crippen LogP contribution in [-0.4, -0.2) is 39.9 Å². The molecule has 8 aromatic rings. The van der Waals surface area contributed by atoms with E-state index in [0.717, 1.165) is 45.6 Å². The average Bonchev–Trinajstić information content (AvgIpc) is 3.45. The Hall–Kier alpha value is -6.35. The van der Waals surface area contributed by atoms with Gasteiger partial charge in [0, 0.05) is 46.5 Å². The molecular formula is C72H96N12Zn2. The summed E-state index contributed by atoms with van der Waals surface area (Å²) >= 11 is 0. The second kappa shape index (κ2) is 30.0. The maximum absolute atomic E-state index is 4.62. The molecule has 12 nitrogen and oxygen atoms in total. The van der Waals surface area contributed by atoms with E-state index in [1.165, 1.54) is 0 Å². The van der Waals surface area contributed by atoms with E-state index in [-0.39, 0.29) is 82.3 Å². The fraction of sp³-hybridized carbons (Fsp3) is 0.444. The molecule has 8 heterocycles. The minimum Gasteiger partial charge on any atom is -0.365 e. The molecule has 0 atom stereocenters. The van der Waals surface area contributed by atoms with Crippen molar-refractivity contribution in [2.24, 2.45) is 0 Å². The molecule has 0 aliphatic rings. The van der Waals surface area contributed by atoms with Crippen molar-refractivity contribution >= 4 is 46.5 Å². The summed E-state index contributed by atoms with van der Waals surface area (Å²) < 4.78 is 0. The molecule has 448 valence electrons. The van der Waals surface area contributed by atoms with Gasteiger partial charge in [0.05, 0.1) is 0 Å². The van der Waals surface area contributed by atoms with E-state index in [1.807, 2.05) is 146 Å². The quantitative estimate of drug-likeness (QED) is 0.136. The Labute approximate surface area is 543 Å². The second-order valence-corrected chi connectivity index (χ2v) is 29.5. The van der Waals surface area contributed by atoms with E-state index < -0.39 is 0 Å². The third-order valence-electron chi connectivity index (χ3n) is 12.9. The zero-order valence-electron chi connectivity index (χ0n) is 56.6. The number of aromatic nitrogens is 8. The third kappa shape index (κ3) is 24.1. The van der Waals surface area contributed by atoms with Crippen LogP contribution < -0.4 is 0 Å². The van der Waals surface area contributed by atoms with Gasteiger partial charge < -0.3 is 61.1 Å². The smallest absolute Gasteiger partial charge is 0.365 e. The van der Waals surface area contributed by atoms with Crippen LogP contribution in [0, 0.1) is 0 Å². The molecule has 0 aliphatic carbocycles. The first kappa shape index (κ1) is 73.9. The molecule has 0 spiro atoms. The first-order valence-corrected chi connectivity index (χ1v) is 29.3. The van der Waals surface area contributed by atoms with Crippen LogP contribution >= 0.6 is 0 Å². The molecule has 8 rings (SSSR count). The van der Waals surface area contributed by atoms with E-state index in [4.69, 9.17) is 0 Å². The van der Waals surface area contributed by atoms with Crippen molar-refractivity contribution in [3.8, 4) is 0 Å². The minimum atomic E-state index is 0. The first-order chi connectivity index (χ1) is 38.6. The summed E-state index contributed by atoms with van der Waals surface area (Å²) in [5.74, 6) is 5.67. The Balaban J connectivity index is 0.000000298. The molecule has 0 aliphatic heterocycles. The van der Waals surface area contributed by atoms with Gasteiger partial charge in [-0.1, -0.05) is 263 Å². The topological polar surface area (TPSA) is 160 Å². The summed E-state index contributed by atoms with van der Waals surface area (Å²) in [6.45, 7) is 51.6. The van der Waals surface area contributed by atoms with Gasteiger partial charge in [-0.25, -0.2) is 0 Å². The zero-order chi connectivity index (χ0) is 62.7. The fourth-order valence-corrected chi connectivity index (χ4v) is 7.70. The van der Waals surface area contributed by atoms with Gasteiger partial charge in [-0.3, -0.25) is 0 Å². The molecule has 8 aromatic heterocycles. The van der Waals surface area contributed by atoms with Gasteiger partial charge in [0.15, 0.2) is 0 Å². The van der Waals surface area contributed by atoms with E-state index in [0.29, 0.717) is 46.5 Å². The predicted molar refractivity (Wildman–Crippen MR) is 354 cm³/mol. The van der Waals surface area contributed by atoms with Crippen LogP contribution in [0.2, 0.25) is 0 Å². The fourth-order valence-electron chi connectivity index (χ4n) is 7.70. The van der Waals surface area contributed by atoms with Crippen LogP contribution in [0.4, 0.5) is 46.5 Å². The number of hydrogen-bond acceptors (Lipinski definition) is 8. The first-order valence-electron chi connectivity index (χ1n) is 29.3. The van der Waals surface area contributed by atoms with E-state index in [1.54, 1.807) is 0 Å². The zero-order valence-corrected chi connectivity index (χ0v) is 62.6. The van der Waals surface area contributed by atoms with Crippen molar-refractivity contribution in [3.05, 3.63) is 212 Å². The average molecular weight is 1260 g/mol. The second-order valence-electron chi connectivity index (χ2n) is 29.5. The molecule has 86 heavy (non-hydrogen) atoms. The summed E-state index contributed by atoms with van der Waals surface area (Å²) in [7, 11) is 0. The molecule has 0 bridgehead atoms. The maximum Gasteiger partial charge on any atom is 2.00 e. The Bertz CT molecular complexity index is 2720. The Morgan fingerprint density at radius 1 is 0.174 bits per heavy atom. The van der Waals surface area contributed by atoms with Crippen molar-refractivity contribution in [3.63, 3.8) is 0 Å². The monoisotopic (exact) mass is 1260 g/mol. The van der Waals surface area contributed by atoms with Crippen LogP contribution in [0.25, 0.3) is 21.3 Å². The molecule has 0 saturated carbocycles. The van der Waals surface area contributed by atoms with Crippen molar-refractivity contribution in [2.45, 2.75) is 209 Å². The van der Waals surface area contributed by atoms with Gasteiger partial charge in [0.2, 0.25) is 0 Å². The largest absolute Gasteiger partial charge is 2.00 e. The van der Waals surface area contributed by atoms with Crippen molar-refractivity contribution in [2.75, 3.05) is 0 Å². The standard InChI is InChI=1S/4C18H24N3.2Zn/c4*1-17(2,3)13-9-7-11-15(19-13)21-16-12-8-10-14(20-16)18(4,5)6;;/h4*7-12H,1-6H3;;/q4*-1;2*+2. The normalized spacial score (nSPS) is 12.0. The van der Waals surface area contributed by atoms with E-state index in [9.17, 15) is 0 Å². The minimum absolute atomic E-state index is 0. The molecule has 0 fully saturated rings. The summed E-state index contributed by atoms with van der Waals surface area (Å²) in [6, 6.07) is 47.7. The Morgan fingerprint density at radius 2 is 0.267 bits per heavy atom. The van der Waals surface area contributed by atoms with Crippen molar-refractivity contribution in [1.29, 1.82) is 0 Å². The number of nitrogens with zero attached hydrogens (tertiary/aromatic N) is 12. The molecule has 0 amide bonds.